The predicted molar refractivity (Wildman–Crippen MR) is 81.0 cm³/mol. The van der Waals surface area contributed by atoms with Gasteiger partial charge in [-0.1, -0.05) is 0 Å². The Morgan fingerprint density at radius 1 is 1.29 bits per heavy atom. The van der Waals surface area contributed by atoms with Crippen molar-refractivity contribution in [1.82, 2.24) is 9.80 Å². The Morgan fingerprint density at radius 3 is 2.52 bits per heavy atom. The van der Waals surface area contributed by atoms with Gasteiger partial charge in [0.2, 0.25) is 5.91 Å². The van der Waals surface area contributed by atoms with Gasteiger partial charge in [-0.05, 0) is 18.8 Å². The van der Waals surface area contributed by atoms with Gasteiger partial charge in [0.15, 0.2) is 0 Å². The summed E-state index contributed by atoms with van der Waals surface area (Å²) in [5, 5.41) is 0. The normalized spacial score (nSPS) is 23.2. The summed E-state index contributed by atoms with van der Waals surface area (Å²) in [4.78, 5) is 16.6. The van der Waals surface area contributed by atoms with Crippen molar-refractivity contribution < 1.29 is 14.3 Å². The first kappa shape index (κ1) is 16.7. The van der Waals surface area contributed by atoms with Crippen LogP contribution in [-0.2, 0) is 14.3 Å². The fourth-order valence-electron chi connectivity index (χ4n) is 3.10. The maximum absolute atomic E-state index is 12.2. The first-order chi connectivity index (χ1) is 10.2. The van der Waals surface area contributed by atoms with Crippen LogP contribution in [0.5, 0.6) is 0 Å². The standard InChI is InChI=1S/C15H29N3O3/c1-20-14(11-16)10-15(19)18-4-2-13(3-5-18)12-17-6-8-21-9-7-17/h13-14H,2-12,16H2,1H3. The zero-order valence-corrected chi connectivity index (χ0v) is 13.1. The molecule has 1 unspecified atom stereocenters. The van der Waals surface area contributed by atoms with Crippen molar-refractivity contribution in [1.29, 1.82) is 0 Å². The van der Waals surface area contributed by atoms with E-state index in [4.69, 9.17) is 15.2 Å². The number of nitrogens with zero attached hydrogens (tertiary/aromatic N) is 2. The average molecular weight is 299 g/mol. The Morgan fingerprint density at radius 2 is 1.95 bits per heavy atom. The maximum Gasteiger partial charge on any atom is 0.225 e. The number of carbonyl (C=O) groups excluding carboxylic acids is 1. The Balaban J connectivity index is 1.68. The summed E-state index contributed by atoms with van der Waals surface area (Å²) in [6.07, 6.45) is 2.46. The van der Waals surface area contributed by atoms with Crippen molar-refractivity contribution in [3.05, 3.63) is 0 Å². The fourth-order valence-corrected chi connectivity index (χ4v) is 3.10. The van der Waals surface area contributed by atoms with Crippen molar-refractivity contribution >= 4 is 5.91 Å². The third-order valence-corrected chi connectivity index (χ3v) is 4.59. The molecule has 0 aliphatic carbocycles. The number of likely N-dealkylation sites (tertiary alicyclic amines) is 1. The Kier molecular flexibility index (Phi) is 6.89. The summed E-state index contributed by atoms with van der Waals surface area (Å²) < 4.78 is 10.6. The van der Waals surface area contributed by atoms with Crippen molar-refractivity contribution in [2.45, 2.75) is 25.4 Å². The number of methoxy groups -OCH3 is 1. The van der Waals surface area contributed by atoms with E-state index in [0.29, 0.717) is 18.9 Å². The number of ether oxygens (including phenoxy) is 2. The minimum absolute atomic E-state index is 0.149. The number of carbonyl (C=O) groups is 1. The van der Waals surface area contributed by atoms with Gasteiger partial charge in [-0.3, -0.25) is 9.69 Å². The van der Waals surface area contributed by atoms with E-state index in [0.717, 1.165) is 58.8 Å². The first-order valence-corrected chi connectivity index (χ1v) is 8.03. The lowest BCUT2D eigenvalue weighted by Crippen LogP contribution is -2.45. The number of morpholine rings is 1. The SMILES string of the molecule is COC(CN)CC(=O)N1CCC(CN2CCOCC2)CC1. The van der Waals surface area contributed by atoms with Crippen LogP contribution in [0.1, 0.15) is 19.3 Å². The number of amides is 1. The fraction of sp³-hybridized carbons (Fsp3) is 0.933. The highest BCUT2D eigenvalue weighted by atomic mass is 16.5. The monoisotopic (exact) mass is 299 g/mol. The Labute approximate surface area is 127 Å². The lowest BCUT2D eigenvalue weighted by molar-refractivity contribution is -0.135. The van der Waals surface area contributed by atoms with Crippen LogP contribution in [0.3, 0.4) is 0 Å². The van der Waals surface area contributed by atoms with Gasteiger partial charge in [0.25, 0.3) is 0 Å². The second-order valence-corrected chi connectivity index (χ2v) is 6.03. The molecule has 0 radical (unpaired) electrons. The minimum atomic E-state index is -0.149. The molecule has 0 spiro atoms. The number of rotatable bonds is 6. The van der Waals surface area contributed by atoms with Crippen LogP contribution in [0.4, 0.5) is 0 Å². The molecule has 2 heterocycles. The second-order valence-electron chi connectivity index (χ2n) is 6.03. The number of piperidine rings is 1. The lowest BCUT2D eigenvalue weighted by atomic mass is 9.95. The lowest BCUT2D eigenvalue weighted by Gasteiger charge is -2.36. The summed E-state index contributed by atoms with van der Waals surface area (Å²) in [5.74, 6) is 0.886. The zero-order chi connectivity index (χ0) is 15.1. The van der Waals surface area contributed by atoms with Crippen molar-refractivity contribution in [2.24, 2.45) is 11.7 Å². The van der Waals surface area contributed by atoms with Gasteiger partial charge in [-0.15, -0.1) is 0 Å². The van der Waals surface area contributed by atoms with Gasteiger partial charge in [0.05, 0.1) is 25.7 Å². The van der Waals surface area contributed by atoms with Gasteiger partial charge in [-0.2, -0.15) is 0 Å². The first-order valence-electron chi connectivity index (χ1n) is 8.03. The van der Waals surface area contributed by atoms with Gasteiger partial charge >= 0.3 is 0 Å². The number of nitrogens with two attached hydrogens (primary N) is 1. The molecular formula is C15H29N3O3. The molecule has 0 saturated carbocycles. The second kappa shape index (κ2) is 8.68. The summed E-state index contributed by atoms with van der Waals surface area (Å²) in [6, 6.07) is 0. The maximum atomic E-state index is 12.2. The molecule has 2 N–H and O–H groups in total. The summed E-state index contributed by atoms with van der Waals surface area (Å²) in [5.41, 5.74) is 5.58. The van der Waals surface area contributed by atoms with Gasteiger partial charge in [-0.25, -0.2) is 0 Å². The van der Waals surface area contributed by atoms with Gasteiger partial charge < -0.3 is 20.1 Å². The van der Waals surface area contributed by atoms with Crippen molar-refractivity contribution in [3.63, 3.8) is 0 Å². The molecule has 1 amide bonds. The van der Waals surface area contributed by atoms with Crippen LogP contribution in [0.15, 0.2) is 0 Å². The Hall–Kier alpha value is -0.690. The van der Waals surface area contributed by atoms with Gasteiger partial charge in [0.1, 0.15) is 0 Å². The third-order valence-electron chi connectivity index (χ3n) is 4.59. The van der Waals surface area contributed by atoms with Crippen LogP contribution >= 0.6 is 0 Å². The molecule has 2 aliphatic rings. The molecular weight excluding hydrogens is 270 g/mol. The Bertz CT molecular complexity index is 309. The average Bonchev–Trinajstić information content (AvgIpc) is 2.54. The molecule has 6 nitrogen and oxygen atoms in total. The number of hydrogen-bond donors (Lipinski definition) is 1. The van der Waals surface area contributed by atoms with Crippen molar-refractivity contribution in [3.8, 4) is 0 Å². The minimum Gasteiger partial charge on any atom is -0.380 e. The van der Waals surface area contributed by atoms with E-state index in [1.165, 1.54) is 0 Å². The summed E-state index contributed by atoms with van der Waals surface area (Å²) in [7, 11) is 1.61. The third kappa shape index (κ3) is 5.21. The van der Waals surface area contributed by atoms with Crippen molar-refractivity contribution in [2.75, 3.05) is 59.6 Å². The number of hydrogen-bond acceptors (Lipinski definition) is 5. The molecule has 2 fully saturated rings. The van der Waals surface area contributed by atoms with Crippen LogP contribution < -0.4 is 5.73 Å². The zero-order valence-electron chi connectivity index (χ0n) is 13.1. The quantitative estimate of drug-likeness (QED) is 0.743. The van der Waals surface area contributed by atoms with E-state index in [1.807, 2.05) is 4.90 Å². The molecule has 2 saturated heterocycles. The molecule has 0 aromatic heterocycles. The highest BCUT2D eigenvalue weighted by molar-refractivity contribution is 5.76. The van der Waals surface area contributed by atoms with Crippen LogP contribution in [0.2, 0.25) is 0 Å². The van der Waals surface area contributed by atoms with E-state index in [1.54, 1.807) is 7.11 Å². The summed E-state index contributed by atoms with van der Waals surface area (Å²) in [6.45, 7) is 7.09. The van der Waals surface area contributed by atoms with Crippen LogP contribution in [0, 0.1) is 5.92 Å². The van der Waals surface area contributed by atoms with Crippen LogP contribution in [0.25, 0.3) is 0 Å². The molecule has 0 aromatic carbocycles. The molecule has 2 aliphatic heterocycles. The van der Waals surface area contributed by atoms with E-state index < -0.39 is 0 Å². The topological polar surface area (TPSA) is 68.0 Å². The van der Waals surface area contributed by atoms with Crippen LogP contribution in [-0.4, -0.2) is 81.4 Å². The highest BCUT2D eigenvalue weighted by Crippen LogP contribution is 2.20. The molecule has 2 rings (SSSR count). The molecule has 6 heteroatoms. The van der Waals surface area contributed by atoms with E-state index in [9.17, 15) is 4.79 Å². The predicted octanol–water partition coefficient (Wildman–Crippen LogP) is -0.0790. The van der Waals surface area contributed by atoms with E-state index in [2.05, 4.69) is 4.90 Å². The molecule has 122 valence electrons. The smallest absolute Gasteiger partial charge is 0.225 e. The largest absolute Gasteiger partial charge is 0.380 e. The molecule has 0 bridgehead atoms. The molecule has 0 aromatic rings. The molecule has 21 heavy (non-hydrogen) atoms. The molecule has 1 atom stereocenters. The van der Waals surface area contributed by atoms with E-state index >= 15 is 0 Å². The van der Waals surface area contributed by atoms with Gasteiger partial charge in [0, 0.05) is 46.4 Å². The highest BCUT2D eigenvalue weighted by Gasteiger charge is 2.26. The summed E-state index contributed by atoms with van der Waals surface area (Å²) >= 11 is 0. The van der Waals surface area contributed by atoms with E-state index in [-0.39, 0.29) is 12.0 Å².